The number of hydrogen-bond acceptors (Lipinski definition) is 9. The lowest BCUT2D eigenvalue weighted by Gasteiger charge is -2.39. The summed E-state index contributed by atoms with van der Waals surface area (Å²) >= 11 is 0. The molecule has 1 saturated heterocycles. The minimum atomic E-state index is -3.81. The molecule has 0 amide bonds. The Morgan fingerprint density at radius 1 is 1.12 bits per heavy atom. The van der Waals surface area contributed by atoms with Crippen LogP contribution in [-0.4, -0.2) is 74.9 Å². The number of rotatable bonds is 4. The van der Waals surface area contributed by atoms with Gasteiger partial charge in [0.25, 0.3) is 0 Å². The Morgan fingerprint density at radius 2 is 1.77 bits per heavy atom. The zero-order chi connectivity index (χ0) is 19.1. The third kappa shape index (κ3) is 3.48. The van der Waals surface area contributed by atoms with E-state index in [4.69, 9.17) is 9.88 Å². The van der Waals surface area contributed by atoms with Gasteiger partial charge >= 0.3 is 0 Å². The van der Waals surface area contributed by atoms with Crippen molar-refractivity contribution in [2.75, 3.05) is 6.61 Å². The topological polar surface area (TPSA) is 181 Å². The van der Waals surface area contributed by atoms with Crippen molar-refractivity contribution in [1.82, 2.24) is 15.0 Å². The van der Waals surface area contributed by atoms with Gasteiger partial charge in [-0.2, -0.15) is 0 Å². The molecule has 2 heterocycles. The van der Waals surface area contributed by atoms with Crippen molar-refractivity contribution in [3.63, 3.8) is 0 Å². The van der Waals surface area contributed by atoms with Crippen LogP contribution in [0.5, 0.6) is 0 Å². The van der Waals surface area contributed by atoms with E-state index in [-0.39, 0.29) is 4.90 Å². The van der Waals surface area contributed by atoms with Crippen LogP contribution in [-0.2, 0) is 14.8 Å². The molecule has 1 aliphatic heterocycles. The van der Waals surface area contributed by atoms with E-state index in [1.54, 1.807) is 0 Å². The van der Waals surface area contributed by atoms with E-state index in [0.29, 0.717) is 11.3 Å². The second-order valence-corrected chi connectivity index (χ2v) is 7.43. The molecule has 12 heteroatoms. The summed E-state index contributed by atoms with van der Waals surface area (Å²) in [4.78, 5) is -0.0532. The summed E-state index contributed by atoms with van der Waals surface area (Å²) < 4.78 is 29.1. The molecule has 1 fully saturated rings. The number of ether oxygens (including phenoxy) is 1. The standard InChI is InChI=1S/C14H18N4O7S/c15-26(23,24)8-3-1-7(2-4-8)9-5-18(17-16-9)14-13(22)12(21)11(20)10(6-19)25-14/h1-5,10-14,19-22H,6H2,(H2,15,23,24)/t10-,11+,12+,13-,14-/m1/s1. The molecule has 1 aliphatic rings. The predicted molar refractivity (Wildman–Crippen MR) is 85.8 cm³/mol. The summed E-state index contributed by atoms with van der Waals surface area (Å²) in [5.74, 6) is 0. The maximum absolute atomic E-state index is 11.3. The Bertz CT molecular complexity index is 868. The molecule has 1 aromatic carbocycles. The van der Waals surface area contributed by atoms with Gasteiger partial charge in [-0.15, -0.1) is 5.10 Å². The zero-order valence-corrected chi connectivity index (χ0v) is 14.1. The molecule has 142 valence electrons. The number of primary sulfonamides is 1. The van der Waals surface area contributed by atoms with E-state index in [0.717, 1.165) is 4.68 Å². The van der Waals surface area contributed by atoms with Gasteiger partial charge in [-0.1, -0.05) is 17.3 Å². The summed E-state index contributed by atoms with van der Waals surface area (Å²) in [5, 5.41) is 51.7. The number of sulfonamides is 1. The summed E-state index contributed by atoms with van der Waals surface area (Å²) in [6.07, 6.45) is -5.33. The van der Waals surface area contributed by atoms with Gasteiger partial charge < -0.3 is 25.2 Å². The Kier molecular flexibility index (Phi) is 5.07. The third-order valence-corrected chi connectivity index (χ3v) is 5.05. The van der Waals surface area contributed by atoms with Crippen LogP contribution >= 0.6 is 0 Å². The molecule has 0 spiro atoms. The summed E-state index contributed by atoms with van der Waals surface area (Å²) in [7, 11) is -3.81. The highest BCUT2D eigenvalue weighted by atomic mass is 32.2. The minimum Gasteiger partial charge on any atom is -0.394 e. The van der Waals surface area contributed by atoms with Crippen LogP contribution in [0.15, 0.2) is 35.4 Å². The van der Waals surface area contributed by atoms with Gasteiger partial charge in [0.1, 0.15) is 30.1 Å². The first-order valence-corrected chi connectivity index (χ1v) is 9.12. The first-order valence-electron chi connectivity index (χ1n) is 7.58. The Balaban J connectivity index is 1.85. The molecule has 11 nitrogen and oxygen atoms in total. The largest absolute Gasteiger partial charge is 0.394 e. The van der Waals surface area contributed by atoms with Crippen LogP contribution in [0.3, 0.4) is 0 Å². The quantitative estimate of drug-likeness (QED) is 0.381. The minimum absolute atomic E-state index is 0.0532. The first kappa shape index (κ1) is 18.8. The fourth-order valence-electron chi connectivity index (χ4n) is 2.65. The Hall–Kier alpha value is -1.93. The summed E-state index contributed by atoms with van der Waals surface area (Å²) in [5.41, 5.74) is 0.885. The number of aliphatic hydroxyl groups excluding tert-OH is 4. The van der Waals surface area contributed by atoms with Crippen LogP contribution in [0.1, 0.15) is 6.23 Å². The molecule has 0 unspecified atom stereocenters. The predicted octanol–water partition coefficient (Wildman–Crippen LogP) is -2.44. The molecule has 2 aromatic rings. The lowest BCUT2D eigenvalue weighted by atomic mass is 9.98. The number of hydrogen-bond donors (Lipinski definition) is 5. The smallest absolute Gasteiger partial charge is 0.238 e. The number of benzene rings is 1. The second kappa shape index (κ2) is 7.00. The van der Waals surface area contributed by atoms with Crippen LogP contribution in [0.4, 0.5) is 0 Å². The van der Waals surface area contributed by atoms with Crippen molar-refractivity contribution in [3.05, 3.63) is 30.5 Å². The van der Waals surface area contributed by atoms with E-state index in [9.17, 15) is 28.8 Å². The van der Waals surface area contributed by atoms with Crippen LogP contribution in [0.25, 0.3) is 11.3 Å². The van der Waals surface area contributed by atoms with E-state index in [1.807, 2.05) is 0 Å². The van der Waals surface area contributed by atoms with Gasteiger partial charge in [0, 0.05) is 5.56 Å². The molecule has 0 bridgehead atoms. The van der Waals surface area contributed by atoms with Crippen molar-refractivity contribution in [2.24, 2.45) is 5.14 Å². The van der Waals surface area contributed by atoms with Gasteiger partial charge in [-0.25, -0.2) is 18.2 Å². The fraction of sp³-hybridized carbons (Fsp3) is 0.429. The van der Waals surface area contributed by atoms with Crippen LogP contribution in [0, 0.1) is 0 Å². The van der Waals surface area contributed by atoms with Gasteiger partial charge in [-0.3, -0.25) is 0 Å². The highest BCUT2D eigenvalue weighted by molar-refractivity contribution is 7.89. The second-order valence-electron chi connectivity index (χ2n) is 5.87. The Morgan fingerprint density at radius 3 is 2.35 bits per heavy atom. The summed E-state index contributed by atoms with van der Waals surface area (Å²) in [6.45, 7) is -0.558. The van der Waals surface area contributed by atoms with Crippen molar-refractivity contribution in [1.29, 1.82) is 0 Å². The SMILES string of the molecule is NS(=O)(=O)c1ccc(-c2cn([C@@H]3O[C@H](CO)[C@H](O)[C@H](O)[C@H]3O)nn2)cc1. The monoisotopic (exact) mass is 386 g/mol. The number of nitrogens with zero attached hydrogens (tertiary/aromatic N) is 3. The van der Waals surface area contributed by atoms with Crippen LogP contribution < -0.4 is 5.14 Å². The van der Waals surface area contributed by atoms with E-state index in [2.05, 4.69) is 10.3 Å². The maximum Gasteiger partial charge on any atom is 0.238 e. The van der Waals surface area contributed by atoms with Gasteiger partial charge in [0.2, 0.25) is 10.0 Å². The van der Waals surface area contributed by atoms with Crippen molar-refractivity contribution >= 4 is 10.0 Å². The van der Waals surface area contributed by atoms with Crippen molar-refractivity contribution in [2.45, 2.75) is 35.5 Å². The van der Waals surface area contributed by atoms with E-state index in [1.165, 1.54) is 30.5 Å². The average molecular weight is 386 g/mol. The number of nitrogens with two attached hydrogens (primary N) is 1. The Labute approximate surface area is 148 Å². The molecule has 0 saturated carbocycles. The molecule has 5 atom stereocenters. The molecule has 0 radical (unpaired) electrons. The summed E-state index contributed by atoms with van der Waals surface area (Å²) in [6, 6.07) is 5.61. The zero-order valence-electron chi connectivity index (χ0n) is 13.3. The van der Waals surface area contributed by atoms with Gasteiger partial charge in [-0.05, 0) is 12.1 Å². The first-order chi connectivity index (χ1) is 12.2. The molecule has 26 heavy (non-hydrogen) atoms. The molecule has 1 aromatic heterocycles. The lowest BCUT2D eigenvalue weighted by molar-refractivity contribution is -0.254. The van der Waals surface area contributed by atoms with E-state index >= 15 is 0 Å². The molecular weight excluding hydrogens is 368 g/mol. The molecule has 3 rings (SSSR count). The molecular formula is C14H18N4O7S. The highest BCUT2D eigenvalue weighted by Gasteiger charge is 2.44. The van der Waals surface area contributed by atoms with Gasteiger partial charge in [0.15, 0.2) is 6.23 Å². The third-order valence-electron chi connectivity index (χ3n) is 4.12. The molecule has 0 aliphatic carbocycles. The van der Waals surface area contributed by atoms with Gasteiger partial charge in [0.05, 0.1) is 17.7 Å². The van der Waals surface area contributed by atoms with Crippen molar-refractivity contribution in [3.8, 4) is 11.3 Å². The average Bonchev–Trinajstić information content (AvgIpc) is 3.09. The molecule has 6 N–H and O–H groups in total. The maximum atomic E-state index is 11.3. The van der Waals surface area contributed by atoms with E-state index < -0.39 is 47.3 Å². The van der Waals surface area contributed by atoms with Crippen molar-refractivity contribution < 1.29 is 33.6 Å². The fourth-order valence-corrected chi connectivity index (χ4v) is 3.16. The number of aromatic nitrogens is 3. The van der Waals surface area contributed by atoms with Crippen LogP contribution in [0.2, 0.25) is 0 Å². The number of aliphatic hydroxyl groups is 4. The lowest BCUT2D eigenvalue weighted by Crippen LogP contribution is -2.56. The highest BCUT2D eigenvalue weighted by Crippen LogP contribution is 2.29. The normalized spacial score (nSPS) is 29.7.